The lowest BCUT2D eigenvalue weighted by Gasteiger charge is -2.43. The topological polar surface area (TPSA) is 20.3 Å². The molecule has 2 rings (SSSR count). The lowest BCUT2D eigenvalue weighted by Crippen LogP contribution is -2.49. The van der Waals surface area contributed by atoms with Crippen molar-refractivity contribution >= 4 is 10.8 Å². The van der Waals surface area contributed by atoms with Crippen LogP contribution >= 0.6 is 0 Å². The van der Waals surface area contributed by atoms with E-state index in [4.69, 9.17) is 0 Å². The summed E-state index contributed by atoms with van der Waals surface area (Å²) in [6.07, 6.45) is 2.17. The van der Waals surface area contributed by atoms with Crippen molar-refractivity contribution in [3.63, 3.8) is 0 Å². The molecule has 0 aromatic heterocycles. The highest BCUT2D eigenvalue weighted by atomic mass is 32.2. The fourth-order valence-electron chi connectivity index (χ4n) is 4.05. The first-order valence-corrected chi connectivity index (χ1v) is 9.47. The molecular weight excluding hydrogens is 266 g/mol. The van der Waals surface area contributed by atoms with Crippen LogP contribution in [0, 0.1) is 11.8 Å². The highest BCUT2D eigenvalue weighted by molar-refractivity contribution is 7.87. The van der Waals surface area contributed by atoms with E-state index in [2.05, 4.69) is 46.4 Å². The van der Waals surface area contributed by atoms with Gasteiger partial charge >= 0.3 is 0 Å². The average Bonchev–Trinajstić information content (AvgIpc) is 2.64. The fraction of sp³-hybridized carbons (Fsp3) is 0.882. The van der Waals surface area contributed by atoms with Crippen molar-refractivity contribution in [1.29, 1.82) is 0 Å². The summed E-state index contributed by atoms with van der Waals surface area (Å²) in [4.78, 5) is 2.54. The lowest BCUT2D eigenvalue weighted by atomic mass is 9.78. The van der Waals surface area contributed by atoms with E-state index in [1.165, 1.54) is 5.57 Å². The molecule has 20 heavy (non-hydrogen) atoms. The number of nitrogens with zero attached hydrogens (tertiary/aromatic N) is 1. The molecule has 1 atom stereocenters. The third-order valence-electron chi connectivity index (χ3n) is 5.17. The van der Waals surface area contributed by atoms with Crippen LogP contribution in [0.1, 0.15) is 54.4 Å². The van der Waals surface area contributed by atoms with Gasteiger partial charge in [0.1, 0.15) is 0 Å². The second-order valence-corrected chi connectivity index (χ2v) is 9.12. The fourth-order valence-corrected chi connectivity index (χ4v) is 6.34. The Morgan fingerprint density at radius 1 is 1.00 bits per heavy atom. The van der Waals surface area contributed by atoms with E-state index in [1.54, 1.807) is 5.57 Å². The maximum atomic E-state index is 12.9. The van der Waals surface area contributed by atoms with Crippen LogP contribution < -0.4 is 0 Å². The summed E-state index contributed by atoms with van der Waals surface area (Å²) < 4.78 is 12.9. The van der Waals surface area contributed by atoms with E-state index in [0.717, 1.165) is 31.7 Å². The third-order valence-corrected chi connectivity index (χ3v) is 7.24. The number of likely N-dealkylation sites (tertiary alicyclic amines) is 1. The van der Waals surface area contributed by atoms with Gasteiger partial charge in [-0.3, -0.25) is 4.21 Å². The zero-order valence-corrected chi connectivity index (χ0v) is 14.8. The van der Waals surface area contributed by atoms with Crippen LogP contribution in [-0.4, -0.2) is 38.7 Å². The summed E-state index contributed by atoms with van der Waals surface area (Å²) in [5.41, 5.74) is 3.05. The summed E-state index contributed by atoms with van der Waals surface area (Å²) in [5.74, 6) is 1.90. The number of rotatable bonds is 3. The summed E-state index contributed by atoms with van der Waals surface area (Å²) in [6.45, 7) is 15.8. The molecule has 0 saturated carbocycles. The molecule has 0 aromatic rings. The van der Waals surface area contributed by atoms with E-state index in [-0.39, 0.29) is 4.75 Å². The number of hydrogen-bond donors (Lipinski definition) is 0. The van der Waals surface area contributed by atoms with Gasteiger partial charge in [0.25, 0.3) is 0 Å². The molecule has 0 aromatic carbocycles. The van der Waals surface area contributed by atoms with Gasteiger partial charge in [-0.2, -0.15) is 0 Å². The van der Waals surface area contributed by atoms with Gasteiger partial charge in [-0.05, 0) is 44.1 Å². The summed E-state index contributed by atoms with van der Waals surface area (Å²) in [5, 5.41) is 0. The Balaban J connectivity index is 2.32. The van der Waals surface area contributed by atoms with Crippen LogP contribution in [0.2, 0.25) is 0 Å². The molecule has 0 bridgehead atoms. The third kappa shape index (κ3) is 2.64. The van der Waals surface area contributed by atoms with Crippen LogP contribution in [0.25, 0.3) is 0 Å². The molecular formula is C17H31NOS. The predicted molar refractivity (Wildman–Crippen MR) is 88.4 cm³/mol. The van der Waals surface area contributed by atoms with E-state index in [0.29, 0.717) is 17.9 Å². The van der Waals surface area contributed by atoms with E-state index >= 15 is 0 Å². The van der Waals surface area contributed by atoms with Gasteiger partial charge in [0, 0.05) is 35.7 Å². The maximum absolute atomic E-state index is 12.9. The van der Waals surface area contributed by atoms with Crippen LogP contribution in [0.3, 0.4) is 0 Å². The smallest absolute Gasteiger partial charge is 0.0700 e. The molecule has 2 heterocycles. The molecule has 2 aliphatic rings. The predicted octanol–water partition coefficient (Wildman–Crippen LogP) is 3.60. The molecule has 0 radical (unpaired) electrons. The van der Waals surface area contributed by atoms with Gasteiger partial charge in [-0.25, -0.2) is 0 Å². The Hall–Kier alpha value is -0.150. The quantitative estimate of drug-likeness (QED) is 0.742. The molecule has 116 valence electrons. The second kappa shape index (κ2) is 5.92. The summed E-state index contributed by atoms with van der Waals surface area (Å²) >= 11 is 0. The Kier molecular flexibility index (Phi) is 4.80. The Bertz CT molecular complexity index is 415. The minimum atomic E-state index is -0.698. The lowest BCUT2D eigenvalue weighted by molar-refractivity contribution is 0.167. The summed E-state index contributed by atoms with van der Waals surface area (Å²) in [6, 6.07) is 0.609. The standard InChI is InChI=1S/C17H31NOS/c1-12(2)15-11-20(19)17(16(15)13(3)4)7-9-18(10-8-17)14(5)6/h12-14H,7-11H2,1-6H3. The highest BCUT2D eigenvalue weighted by Gasteiger charge is 2.49. The SMILES string of the molecule is CC(C)C1=C(C(C)C)C2(CCN(C(C)C)CC2)S(=O)C1. The average molecular weight is 298 g/mol. The molecule has 0 amide bonds. The van der Waals surface area contributed by atoms with Gasteiger partial charge in [0.15, 0.2) is 0 Å². The zero-order chi connectivity index (χ0) is 15.1. The number of hydrogen-bond acceptors (Lipinski definition) is 2. The van der Waals surface area contributed by atoms with Gasteiger partial charge < -0.3 is 4.90 Å². The van der Waals surface area contributed by atoms with Crippen LogP contribution in [0.5, 0.6) is 0 Å². The van der Waals surface area contributed by atoms with E-state index in [9.17, 15) is 4.21 Å². The molecule has 1 spiro atoms. The van der Waals surface area contributed by atoms with Gasteiger partial charge in [0.2, 0.25) is 0 Å². The van der Waals surface area contributed by atoms with Crippen LogP contribution in [-0.2, 0) is 10.8 Å². The minimum Gasteiger partial charge on any atom is -0.301 e. The van der Waals surface area contributed by atoms with Crippen molar-refractivity contribution in [2.75, 3.05) is 18.8 Å². The molecule has 0 N–H and O–H groups in total. The number of piperidine rings is 1. The van der Waals surface area contributed by atoms with Crippen LogP contribution in [0.15, 0.2) is 11.1 Å². The first kappa shape index (κ1) is 16.2. The van der Waals surface area contributed by atoms with E-state index in [1.807, 2.05) is 0 Å². The molecule has 1 fully saturated rings. The Morgan fingerprint density at radius 2 is 1.55 bits per heavy atom. The largest absolute Gasteiger partial charge is 0.301 e. The minimum absolute atomic E-state index is 0.000833. The monoisotopic (exact) mass is 297 g/mol. The summed E-state index contributed by atoms with van der Waals surface area (Å²) in [7, 11) is -0.698. The van der Waals surface area contributed by atoms with Crippen molar-refractivity contribution in [1.82, 2.24) is 4.90 Å². The van der Waals surface area contributed by atoms with Gasteiger partial charge in [0.05, 0.1) is 4.75 Å². The van der Waals surface area contributed by atoms with Gasteiger partial charge in [-0.15, -0.1) is 0 Å². The molecule has 2 aliphatic heterocycles. The van der Waals surface area contributed by atoms with Crippen molar-refractivity contribution in [2.24, 2.45) is 11.8 Å². The first-order valence-electron chi connectivity index (χ1n) is 8.15. The Labute approximate surface area is 127 Å². The van der Waals surface area contributed by atoms with E-state index < -0.39 is 10.8 Å². The second-order valence-electron chi connectivity index (χ2n) is 7.36. The molecule has 1 saturated heterocycles. The highest BCUT2D eigenvalue weighted by Crippen LogP contribution is 2.47. The van der Waals surface area contributed by atoms with Crippen molar-refractivity contribution in [3.8, 4) is 0 Å². The van der Waals surface area contributed by atoms with Gasteiger partial charge in [-0.1, -0.05) is 33.3 Å². The normalized spacial score (nSPS) is 27.6. The van der Waals surface area contributed by atoms with Crippen molar-refractivity contribution < 1.29 is 4.21 Å². The molecule has 2 nitrogen and oxygen atoms in total. The molecule has 1 unspecified atom stereocenters. The maximum Gasteiger partial charge on any atom is 0.0700 e. The van der Waals surface area contributed by atoms with Crippen LogP contribution in [0.4, 0.5) is 0 Å². The first-order chi connectivity index (χ1) is 9.29. The Morgan fingerprint density at radius 3 is 1.95 bits per heavy atom. The van der Waals surface area contributed by atoms with Crippen molar-refractivity contribution in [2.45, 2.75) is 65.2 Å². The van der Waals surface area contributed by atoms with Crippen molar-refractivity contribution in [3.05, 3.63) is 11.1 Å². The molecule has 3 heteroatoms. The zero-order valence-electron chi connectivity index (χ0n) is 14.0. The molecule has 0 aliphatic carbocycles.